The van der Waals surface area contributed by atoms with Crippen LogP contribution in [0.25, 0.3) is 0 Å². The minimum Gasteiger partial charge on any atom is -0.497 e. The number of hydrogen-bond acceptors (Lipinski definition) is 5. The predicted octanol–water partition coefficient (Wildman–Crippen LogP) is 3.32. The fourth-order valence-electron chi connectivity index (χ4n) is 3.58. The highest BCUT2D eigenvalue weighted by atomic mass is 32.2. The monoisotopic (exact) mass is 507 g/mol. The number of ether oxygens (including phenoxy) is 1. The van der Waals surface area contributed by atoms with Gasteiger partial charge in [-0.15, -0.1) is 0 Å². The van der Waals surface area contributed by atoms with Crippen molar-refractivity contribution in [1.82, 2.24) is 10.2 Å². The molecule has 0 radical (unpaired) electrons. The SMILES string of the molecule is CC[C@@H](C(=O)NC(C)(C)C)N(Cc1cccc(OC)c1)C(=O)CN(c1cccc(F)c1)S(C)(=O)=O. The number of sulfonamides is 1. The molecule has 0 bridgehead atoms. The number of carbonyl (C=O) groups is 2. The summed E-state index contributed by atoms with van der Waals surface area (Å²) in [5, 5.41) is 2.90. The van der Waals surface area contributed by atoms with Gasteiger partial charge in [0.2, 0.25) is 21.8 Å². The van der Waals surface area contributed by atoms with Gasteiger partial charge in [-0.3, -0.25) is 13.9 Å². The fourth-order valence-corrected chi connectivity index (χ4v) is 4.43. The van der Waals surface area contributed by atoms with Gasteiger partial charge in [-0.25, -0.2) is 12.8 Å². The van der Waals surface area contributed by atoms with Crippen LogP contribution in [-0.4, -0.2) is 56.6 Å². The lowest BCUT2D eigenvalue weighted by Gasteiger charge is -2.34. The van der Waals surface area contributed by atoms with Gasteiger partial charge in [0.15, 0.2) is 0 Å². The van der Waals surface area contributed by atoms with E-state index < -0.39 is 39.9 Å². The van der Waals surface area contributed by atoms with Crippen LogP contribution in [0, 0.1) is 5.82 Å². The van der Waals surface area contributed by atoms with Crippen LogP contribution in [0.2, 0.25) is 0 Å². The molecule has 0 saturated heterocycles. The van der Waals surface area contributed by atoms with Crippen molar-refractivity contribution in [1.29, 1.82) is 0 Å². The minimum atomic E-state index is -3.93. The number of methoxy groups -OCH3 is 1. The van der Waals surface area contributed by atoms with E-state index in [9.17, 15) is 22.4 Å². The Morgan fingerprint density at radius 1 is 1.11 bits per heavy atom. The summed E-state index contributed by atoms with van der Waals surface area (Å²) in [5.74, 6) is -1.00. The molecule has 8 nitrogen and oxygen atoms in total. The average Bonchev–Trinajstić information content (AvgIpc) is 2.75. The van der Waals surface area contributed by atoms with Crippen LogP contribution in [0.5, 0.6) is 5.75 Å². The van der Waals surface area contributed by atoms with Gasteiger partial charge in [-0.05, 0) is 63.1 Å². The Hall–Kier alpha value is -3.14. The highest BCUT2D eigenvalue weighted by Crippen LogP contribution is 2.22. The van der Waals surface area contributed by atoms with Crippen molar-refractivity contribution in [3.8, 4) is 5.75 Å². The maximum Gasteiger partial charge on any atom is 0.244 e. The van der Waals surface area contributed by atoms with Gasteiger partial charge in [-0.2, -0.15) is 0 Å². The van der Waals surface area contributed by atoms with E-state index in [2.05, 4.69) is 5.32 Å². The lowest BCUT2D eigenvalue weighted by Crippen LogP contribution is -2.55. The van der Waals surface area contributed by atoms with Crippen LogP contribution in [0.15, 0.2) is 48.5 Å². The van der Waals surface area contributed by atoms with Gasteiger partial charge in [0.05, 0.1) is 19.1 Å². The van der Waals surface area contributed by atoms with Crippen molar-refractivity contribution in [2.24, 2.45) is 0 Å². The van der Waals surface area contributed by atoms with Crippen LogP contribution in [0.4, 0.5) is 10.1 Å². The molecule has 35 heavy (non-hydrogen) atoms. The summed E-state index contributed by atoms with van der Waals surface area (Å²) in [6, 6.07) is 11.2. The fraction of sp³-hybridized carbons (Fsp3) is 0.440. The zero-order valence-electron chi connectivity index (χ0n) is 21.0. The van der Waals surface area contributed by atoms with Crippen LogP contribution >= 0.6 is 0 Å². The summed E-state index contributed by atoms with van der Waals surface area (Å²) in [4.78, 5) is 28.1. The molecular weight excluding hydrogens is 473 g/mol. The topological polar surface area (TPSA) is 96.0 Å². The van der Waals surface area contributed by atoms with E-state index in [0.29, 0.717) is 17.7 Å². The van der Waals surface area contributed by atoms with Crippen molar-refractivity contribution < 1.29 is 27.1 Å². The van der Waals surface area contributed by atoms with Crippen molar-refractivity contribution in [3.63, 3.8) is 0 Å². The first kappa shape index (κ1) is 28.1. The third-order valence-corrected chi connectivity index (χ3v) is 6.29. The molecule has 0 unspecified atom stereocenters. The molecule has 1 N–H and O–H groups in total. The average molecular weight is 508 g/mol. The number of benzene rings is 2. The molecule has 2 rings (SSSR count). The first-order chi connectivity index (χ1) is 16.2. The summed E-state index contributed by atoms with van der Waals surface area (Å²) in [5.41, 5.74) is 0.195. The van der Waals surface area contributed by atoms with E-state index in [1.54, 1.807) is 31.2 Å². The highest BCUT2D eigenvalue weighted by Gasteiger charge is 2.33. The smallest absolute Gasteiger partial charge is 0.244 e. The quantitative estimate of drug-likeness (QED) is 0.532. The number of nitrogens with one attached hydrogen (secondary N) is 1. The molecular formula is C25H34FN3O5S. The van der Waals surface area contributed by atoms with Gasteiger partial charge in [-0.1, -0.05) is 25.1 Å². The normalized spacial score (nSPS) is 12.5. The van der Waals surface area contributed by atoms with E-state index in [-0.39, 0.29) is 18.1 Å². The molecule has 0 aliphatic rings. The second kappa shape index (κ2) is 11.5. The van der Waals surface area contributed by atoms with Crippen LogP contribution in [-0.2, 0) is 26.2 Å². The van der Waals surface area contributed by atoms with E-state index in [0.717, 1.165) is 16.6 Å². The van der Waals surface area contributed by atoms with Crippen molar-refractivity contribution in [2.75, 3.05) is 24.2 Å². The molecule has 2 aromatic carbocycles. The Bertz CT molecular complexity index is 1150. The lowest BCUT2D eigenvalue weighted by atomic mass is 10.1. The first-order valence-electron chi connectivity index (χ1n) is 11.2. The number of halogens is 1. The molecule has 0 saturated carbocycles. The van der Waals surface area contributed by atoms with E-state index in [1.165, 1.54) is 30.2 Å². The van der Waals surface area contributed by atoms with E-state index in [4.69, 9.17) is 4.74 Å². The second-order valence-electron chi connectivity index (χ2n) is 9.29. The van der Waals surface area contributed by atoms with Crippen LogP contribution in [0.1, 0.15) is 39.7 Å². The van der Waals surface area contributed by atoms with Crippen LogP contribution < -0.4 is 14.4 Å². The summed E-state index contributed by atoms with van der Waals surface area (Å²) in [6.07, 6.45) is 1.25. The lowest BCUT2D eigenvalue weighted by molar-refractivity contribution is -0.141. The molecule has 2 amide bonds. The number of nitrogens with zero attached hydrogens (tertiary/aromatic N) is 2. The third kappa shape index (κ3) is 8.24. The van der Waals surface area contributed by atoms with Crippen LogP contribution in [0.3, 0.4) is 0 Å². The highest BCUT2D eigenvalue weighted by molar-refractivity contribution is 7.92. The Morgan fingerprint density at radius 2 is 1.77 bits per heavy atom. The number of carbonyl (C=O) groups excluding carboxylic acids is 2. The summed E-state index contributed by atoms with van der Waals surface area (Å²) in [6.45, 7) is 6.74. The molecule has 0 heterocycles. The standard InChI is InChI=1S/C25H34FN3O5S/c1-7-22(24(31)27-25(2,3)4)28(16-18-10-8-13-21(14-18)34-5)23(30)17-29(35(6,32)33)20-12-9-11-19(26)15-20/h8-15,22H,7,16-17H2,1-6H3,(H,27,31)/t22-/m0/s1. The number of anilines is 1. The van der Waals surface area contributed by atoms with Gasteiger partial charge >= 0.3 is 0 Å². The molecule has 1 atom stereocenters. The number of amides is 2. The summed E-state index contributed by atoms with van der Waals surface area (Å²) >= 11 is 0. The molecule has 0 aliphatic carbocycles. The maximum absolute atomic E-state index is 13.8. The molecule has 10 heteroatoms. The van der Waals surface area contributed by atoms with E-state index >= 15 is 0 Å². The molecule has 0 spiro atoms. The van der Waals surface area contributed by atoms with Gasteiger partial charge in [0, 0.05) is 12.1 Å². The van der Waals surface area contributed by atoms with E-state index in [1.807, 2.05) is 20.8 Å². The Balaban J connectivity index is 2.48. The first-order valence-corrected chi connectivity index (χ1v) is 13.1. The molecule has 192 valence electrons. The van der Waals surface area contributed by atoms with Gasteiger partial charge < -0.3 is 15.0 Å². The Kier molecular flexibility index (Phi) is 9.25. The Labute approximate surface area is 207 Å². The zero-order chi connectivity index (χ0) is 26.4. The number of hydrogen-bond donors (Lipinski definition) is 1. The molecule has 0 aromatic heterocycles. The summed E-state index contributed by atoms with van der Waals surface area (Å²) < 4.78 is 45.0. The zero-order valence-corrected chi connectivity index (χ0v) is 21.9. The predicted molar refractivity (Wildman–Crippen MR) is 134 cm³/mol. The Morgan fingerprint density at radius 3 is 2.31 bits per heavy atom. The van der Waals surface area contributed by atoms with Crippen molar-refractivity contribution >= 4 is 27.5 Å². The second-order valence-corrected chi connectivity index (χ2v) is 11.2. The third-order valence-electron chi connectivity index (χ3n) is 5.15. The molecule has 0 aliphatic heterocycles. The largest absolute Gasteiger partial charge is 0.497 e. The molecule has 2 aromatic rings. The van der Waals surface area contributed by atoms with Crippen molar-refractivity contribution in [2.45, 2.75) is 52.2 Å². The van der Waals surface area contributed by atoms with Gasteiger partial charge in [0.1, 0.15) is 24.2 Å². The maximum atomic E-state index is 13.8. The molecule has 0 fully saturated rings. The minimum absolute atomic E-state index is 0.0226. The van der Waals surface area contributed by atoms with Crippen molar-refractivity contribution in [3.05, 3.63) is 59.9 Å². The van der Waals surface area contributed by atoms with Gasteiger partial charge in [0.25, 0.3) is 0 Å². The summed E-state index contributed by atoms with van der Waals surface area (Å²) in [7, 11) is -2.41. The number of rotatable bonds is 10.